The minimum absolute atomic E-state index is 0.159. The van der Waals surface area contributed by atoms with Gasteiger partial charge in [0.15, 0.2) is 0 Å². The monoisotopic (exact) mass is 337 g/mol. The molecule has 12 nitrogen and oxygen atoms in total. The number of esters is 1. The second-order valence-corrected chi connectivity index (χ2v) is 4.29. The van der Waals surface area contributed by atoms with Crippen molar-refractivity contribution in [3.05, 3.63) is 55.8 Å². The number of nitrogens with zero attached hydrogens (tertiary/aromatic N) is 3. The molecule has 2 aromatic heterocycles. The minimum Gasteiger partial charge on any atom is -0.462 e. The van der Waals surface area contributed by atoms with Crippen LogP contribution in [-0.4, -0.2) is 42.5 Å². The van der Waals surface area contributed by atoms with Gasteiger partial charge < -0.3 is 10.5 Å². The summed E-state index contributed by atoms with van der Waals surface area (Å²) < 4.78 is 4.87. The van der Waals surface area contributed by atoms with Crippen LogP contribution >= 0.6 is 0 Å². The van der Waals surface area contributed by atoms with Crippen LogP contribution in [0, 0.1) is 0 Å². The van der Waals surface area contributed by atoms with Crippen molar-refractivity contribution in [2.75, 3.05) is 12.3 Å². The number of hydrogen-bond donors (Lipinski definition) is 4. The van der Waals surface area contributed by atoms with E-state index in [1.165, 1.54) is 6.33 Å². The molecule has 0 bridgehead atoms. The van der Waals surface area contributed by atoms with Gasteiger partial charge in [0, 0.05) is 12.0 Å². The third-order valence-corrected chi connectivity index (χ3v) is 2.23. The summed E-state index contributed by atoms with van der Waals surface area (Å²) in [5, 5.41) is 0. The number of anilines is 1. The Balaban J connectivity index is 0.000000272. The van der Waals surface area contributed by atoms with Crippen LogP contribution in [0.15, 0.2) is 32.9 Å². The lowest BCUT2D eigenvalue weighted by Crippen LogP contribution is -2.34. The number of H-pyrrole nitrogens is 3. The zero-order chi connectivity index (χ0) is 18.1. The highest BCUT2D eigenvalue weighted by Gasteiger charge is 2.04. The Morgan fingerprint density at radius 1 is 1.17 bits per heavy atom. The van der Waals surface area contributed by atoms with E-state index in [9.17, 15) is 19.2 Å². The fraction of sp³-hybridized carbons (Fsp3) is 0.250. The number of aromatic amines is 3. The molecule has 0 aromatic carbocycles. The normalized spacial score (nSPS) is 9.54. The van der Waals surface area contributed by atoms with Crippen LogP contribution in [0.5, 0.6) is 0 Å². The number of carbonyl (C=O) groups excluding carboxylic acids is 1. The Bertz CT molecular complexity index is 803. The van der Waals surface area contributed by atoms with Crippen molar-refractivity contribution in [2.24, 2.45) is 0 Å². The summed E-state index contributed by atoms with van der Waals surface area (Å²) in [5.74, 6) is 0.236. The molecule has 24 heavy (non-hydrogen) atoms. The predicted molar refractivity (Wildman–Crippen MR) is 82.0 cm³/mol. The quantitative estimate of drug-likeness (QED) is 0.356. The predicted octanol–water partition coefficient (Wildman–Crippen LogP) is -2.13. The SMILES string of the molecule is C=C(C)C(=O)OCCc1ncnc(N)n1.O=c1[nH]c(=O)[nH]c(=O)[nH]1. The Hall–Kier alpha value is -3.57. The second kappa shape index (κ2) is 8.77. The number of hydrogen-bond acceptors (Lipinski definition) is 9. The fourth-order valence-electron chi connectivity index (χ4n) is 1.23. The van der Waals surface area contributed by atoms with Crippen LogP contribution in [0.1, 0.15) is 12.7 Å². The van der Waals surface area contributed by atoms with Gasteiger partial charge in [-0.1, -0.05) is 6.58 Å². The molecule has 0 atom stereocenters. The molecule has 0 spiro atoms. The van der Waals surface area contributed by atoms with E-state index in [4.69, 9.17) is 10.5 Å². The highest BCUT2D eigenvalue weighted by Crippen LogP contribution is 1.96. The van der Waals surface area contributed by atoms with Crippen molar-refractivity contribution in [1.29, 1.82) is 0 Å². The van der Waals surface area contributed by atoms with Crippen LogP contribution < -0.4 is 22.8 Å². The first-order valence-electron chi connectivity index (χ1n) is 6.47. The topological polar surface area (TPSA) is 190 Å². The van der Waals surface area contributed by atoms with Crippen LogP contribution in [0.4, 0.5) is 5.95 Å². The summed E-state index contributed by atoms with van der Waals surface area (Å²) in [6.45, 7) is 5.25. The molecule has 2 heterocycles. The Morgan fingerprint density at radius 3 is 2.17 bits per heavy atom. The molecule has 0 saturated carbocycles. The van der Waals surface area contributed by atoms with Gasteiger partial charge in [0.1, 0.15) is 12.2 Å². The molecule has 2 rings (SSSR count). The molecule has 0 amide bonds. The van der Waals surface area contributed by atoms with E-state index in [2.05, 4.69) is 21.5 Å². The van der Waals surface area contributed by atoms with Gasteiger partial charge in [-0.3, -0.25) is 15.0 Å². The Kier molecular flexibility index (Phi) is 6.75. The molecule has 0 aliphatic rings. The van der Waals surface area contributed by atoms with Gasteiger partial charge in [-0.15, -0.1) is 0 Å². The Labute approximate surface area is 133 Å². The van der Waals surface area contributed by atoms with Gasteiger partial charge in [0.2, 0.25) is 5.95 Å². The average molecular weight is 337 g/mol. The first-order chi connectivity index (χ1) is 11.3. The van der Waals surface area contributed by atoms with Crippen LogP contribution in [0.25, 0.3) is 0 Å². The van der Waals surface area contributed by atoms with Gasteiger partial charge in [0.25, 0.3) is 0 Å². The summed E-state index contributed by atoms with van der Waals surface area (Å²) in [6.07, 6.45) is 1.73. The van der Waals surface area contributed by atoms with Crippen molar-refractivity contribution in [1.82, 2.24) is 29.9 Å². The lowest BCUT2D eigenvalue weighted by Gasteiger charge is -2.03. The number of carbonyl (C=O) groups is 1. The van der Waals surface area contributed by atoms with Gasteiger partial charge in [0.05, 0.1) is 6.61 Å². The summed E-state index contributed by atoms with van der Waals surface area (Å²) in [4.78, 5) is 58.3. The number of rotatable bonds is 4. The summed E-state index contributed by atoms with van der Waals surface area (Å²) >= 11 is 0. The number of nitrogens with two attached hydrogens (primary N) is 1. The third kappa shape index (κ3) is 6.93. The molecule has 0 aliphatic carbocycles. The van der Waals surface area contributed by atoms with Crippen molar-refractivity contribution in [3.8, 4) is 0 Å². The highest BCUT2D eigenvalue weighted by molar-refractivity contribution is 5.86. The molecular formula is C12H15N7O5. The first kappa shape index (κ1) is 18.5. The maximum absolute atomic E-state index is 11.0. The summed E-state index contributed by atoms with van der Waals surface area (Å²) in [6, 6.07) is 0. The van der Waals surface area contributed by atoms with Gasteiger partial charge in [-0.25, -0.2) is 29.1 Å². The lowest BCUT2D eigenvalue weighted by atomic mass is 10.3. The number of ether oxygens (including phenoxy) is 1. The van der Waals surface area contributed by atoms with Crippen molar-refractivity contribution in [3.63, 3.8) is 0 Å². The number of nitrogens with one attached hydrogen (secondary N) is 3. The van der Waals surface area contributed by atoms with E-state index in [-0.39, 0.29) is 12.6 Å². The van der Waals surface area contributed by atoms with Crippen molar-refractivity contribution in [2.45, 2.75) is 13.3 Å². The van der Waals surface area contributed by atoms with E-state index in [1.807, 2.05) is 0 Å². The Morgan fingerprint density at radius 2 is 1.71 bits per heavy atom. The zero-order valence-electron chi connectivity index (χ0n) is 12.7. The molecule has 2 aromatic rings. The van der Waals surface area contributed by atoms with Crippen molar-refractivity contribution >= 4 is 11.9 Å². The molecule has 0 saturated heterocycles. The molecule has 12 heteroatoms. The molecule has 0 radical (unpaired) electrons. The van der Waals surface area contributed by atoms with E-state index >= 15 is 0 Å². The number of nitrogen functional groups attached to an aromatic ring is 1. The first-order valence-corrected chi connectivity index (χ1v) is 6.47. The molecule has 128 valence electrons. The maximum Gasteiger partial charge on any atom is 0.333 e. The zero-order valence-corrected chi connectivity index (χ0v) is 12.7. The molecule has 0 aliphatic heterocycles. The van der Waals surface area contributed by atoms with E-state index < -0.39 is 23.0 Å². The second-order valence-electron chi connectivity index (χ2n) is 4.29. The van der Waals surface area contributed by atoms with Crippen molar-refractivity contribution < 1.29 is 9.53 Å². The average Bonchev–Trinajstić information content (AvgIpc) is 2.46. The molecule has 0 unspecified atom stereocenters. The maximum atomic E-state index is 11.0. The standard InChI is InChI=1S/C9H12N4O2.C3H3N3O3/c1-6(2)8(14)15-4-3-7-11-5-12-9(10)13-7;7-1-4-2(8)6-3(9)5-1/h5H,1,3-4H2,2H3,(H2,10,11,12,13);(H3,4,5,6,7,8,9). The molecular weight excluding hydrogens is 322 g/mol. The van der Waals surface area contributed by atoms with Gasteiger partial charge >= 0.3 is 23.0 Å². The fourth-order valence-corrected chi connectivity index (χ4v) is 1.23. The molecule has 0 fully saturated rings. The summed E-state index contributed by atoms with van der Waals surface area (Å²) in [7, 11) is 0. The van der Waals surface area contributed by atoms with Crippen LogP contribution in [0.3, 0.4) is 0 Å². The highest BCUT2D eigenvalue weighted by atomic mass is 16.5. The van der Waals surface area contributed by atoms with Gasteiger partial charge in [-0.2, -0.15) is 4.98 Å². The third-order valence-electron chi connectivity index (χ3n) is 2.23. The smallest absolute Gasteiger partial charge is 0.333 e. The molecule has 5 N–H and O–H groups in total. The minimum atomic E-state index is -0.802. The van der Waals surface area contributed by atoms with E-state index in [0.29, 0.717) is 17.8 Å². The van der Waals surface area contributed by atoms with Gasteiger partial charge in [-0.05, 0) is 6.92 Å². The summed E-state index contributed by atoms with van der Waals surface area (Å²) in [5.41, 5.74) is 3.31. The van der Waals surface area contributed by atoms with E-state index in [0.717, 1.165) is 0 Å². The number of aromatic nitrogens is 6. The van der Waals surface area contributed by atoms with Crippen LogP contribution in [0.2, 0.25) is 0 Å². The largest absolute Gasteiger partial charge is 0.462 e. The van der Waals surface area contributed by atoms with Crippen LogP contribution in [-0.2, 0) is 16.0 Å². The lowest BCUT2D eigenvalue weighted by molar-refractivity contribution is -0.138. The van der Waals surface area contributed by atoms with E-state index in [1.54, 1.807) is 21.9 Å².